The monoisotopic (exact) mass is 559 g/mol. The highest BCUT2D eigenvalue weighted by Gasteiger charge is 2.46. The second-order valence-corrected chi connectivity index (χ2v) is 12.3. The summed E-state index contributed by atoms with van der Waals surface area (Å²) in [6.07, 6.45) is 12.1. The third kappa shape index (κ3) is 3.84. The van der Waals surface area contributed by atoms with Gasteiger partial charge in [-0.2, -0.15) is 14.7 Å². The number of carbonyl (C=O) groups excluding carboxylic acids is 1. The molecule has 204 valence electrons. The molecule has 0 aliphatic carbocycles. The number of amides is 1. The van der Waals surface area contributed by atoms with Gasteiger partial charge in [-0.25, -0.2) is 13.4 Å². The predicted molar refractivity (Wildman–Crippen MR) is 143 cm³/mol. The molecule has 40 heavy (non-hydrogen) atoms. The Morgan fingerprint density at radius 3 is 2.52 bits per heavy atom. The molecule has 0 saturated carbocycles. The molecule has 4 N–H and O–H groups in total. The van der Waals surface area contributed by atoms with Crippen LogP contribution in [0.5, 0.6) is 0 Å². The van der Waals surface area contributed by atoms with Gasteiger partial charge in [-0.3, -0.25) is 14.9 Å². The molecule has 2 aliphatic heterocycles. The molecule has 2 bridgehead atoms. The lowest BCUT2D eigenvalue weighted by atomic mass is 9.87. The largest absolute Gasteiger partial charge is 0.382 e. The Morgan fingerprint density at radius 2 is 1.90 bits per heavy atom. The smallest absolute Gasteiger partial charge is 0.292 e. The van der Waals surface area contributed by atoms with Crippen molar-refractivity contribution < 1.29 is 13.2 Å². The summed E-state index contributed by atoms with van der Waals surface area (Å²) in [5, 5.41) is 18.7. The summed E-state index contributed by atoms with van der Waals surface area (Å²) in [4.78, 5) is 27.2. The van der Waals surface area contributed by atoms with Crippen molar-refractivity contribution in [3.05, 3.63) is 54.8 Å². The molecule has 0 aromatic carbocycles. The van der Waals surface area contributed by atoms with E-state index < -0.39 is 9.84 Å². The van der Waals surface area contributed by atoms with Crippen molar-refractivity contribution in [3.8, 4) is 22.4 Å². The van der Waals surface area contributed by atoms with Gasteiger partial charge in [0.05, 0.1) is 23.8 Å². The van der Waals surface area contributed by atoms with Crippen LogP contribution in [0.3, 0.4) is 0 Å². The number of carbonyl (C=O) groups is 1. The Hall–Kier alpha value is -4.66. The Bertz CT molecular complexity index is 1820. The molecular weight excluding hydrogens is 534 g/mol. The summed E-state index contributed by atoms with van der Waals surface area (Å²) >= 11 is 0. The van der Waals surface area contributed by atoms with Gasteiger partial charge < -0.3 is 15.6 Å². The first-order chi connectivity index (χ1) is 19.3. The Morgan fingerprint density at radius 1 is 1.10 bits per heavy atom. The lowest BCUT2D eigenvalue weighted by Crippen LogP contribution is -2.46. The fourth-order valence-electron chi connectivity index (χ4n) is 6.16. The van der Waals surface area contributed by atoms with Crippen LogP contribution in [-0.4, -0.2) is 82.5 Å². The number of rotatable bonds is 5. The molecule has 2 atom stereocenters. The second-order valence-electron chi connectivity index (χ2n) is 10.3. The van der Waals surface area contributed by atoms with Crippen molar-refractivity contribution in [1.82, 2.24) is 49.9 Å². The van der Waals surface area contributed by atoms with Crippen LogP contribution < -0.4 is 5.73 Å². The summed E-state index contributed by atoms with van der Waals surface area (Å²) in [6.45, 7) is 0. The summed E-state index contributed by atoms with van der Waals surface area (Å²) in [5.41, 5.74) is 10.4. The van der Waals surface area contributed by atoms with Crippen molar-refractivity contribution in [2.45, 2.75) is 48.6 Å². The highest BCUT2D eigenvalue weighted by atomic mass is 32.2. The molecule has 15 heteroatoms. The van der Waals surface area contributed by atoms with Gasteiger partial charge in [0.25, 0.3) is 5.91 Å². The van der Waals surface area contributed by atoms with E-state index in [2.05, 4.69) is 35.5 Å². The van der Waals surface area contributed by atoms with Crippen molar-refractivity contribution >= 4 is 27.2 Å². The molecule has 5 aromatic rings. The molecule has 0 spiro atoms. The van der Waals surface area contributed by atoms with E-state index in [1.54, 1.807) is 24.8 Å². The van der Waals surface area contributed by atoms with Crippen LogP contribution in [0.25, 0.3) is 28.0 Å². The Kier molecular flexibility index (Phi) is 5.45. The maximum atomic E-state index is 13.1. The predicted octanol–water partition coefficient (Wildman–Crippen LogP) is 1.84. The van der Waals surface area contributed by atoms with Crippen molar-refractivity contribution in [3.63, 3.8) is 0 Å². The molecule has 14 nitrogen and oxygen atoms in total. The van der Waals surface area contributed by atoms with Gasteiger partial charge in [0.1, 0.15) is 17.0 Å². The topological polar surface area (TPSA) is 194 Å². The lowest BCUT2D eigenvalue weighted by molar-refractivity contribution is 0.0556. The van der Waals surface area contributed by atoms with Crippen molar-refractivity contribution in [2.24, 2.45) is 0 Å². The van der Waals surface area contributed by atoms with Gasteiger partial charge in [0.2, 0.25) is 5.82 Å². The molecule has 7 rings (SSSR count). The van der Waals surface area contributed by atoms with Gasteiger partial charge in [-0.1, -0.05) is 6.07 Å². The van der Waals surface area contributed by atoms with E-state index in [4.69, 9.17) is 10.7 Å². The van der Waals surface area contributed by atoms with E-state index in [1.807, 2.05) is 17.0 Å². The fourth-order valence-corrected chi connectivity index (χ4v) is 7.22. The highest BCUT2D eigenvalue weighted by Crippen LogP contribution is 2.45. The number of anilines is 1. The lowest BCUT2D eigenvalue weighted by Gasteiger charge is -2.38. The molecule has 1 amide bonds. The molecular formula is C25H25N11O3S. The standard InChI is InChI=1S/C25H25N11O3S/c1-40(38,39)21-20(14-6-16-3-4-17(7-14)35(16)25(37)23-28-12-31-34-23)33-24-18(11-32-36(24)22(21)26)13-2-5-19(27-8-13)15-9-29-30-10-15/h2,5,8-12,14,16-17H,3-4,6-7,26H2,1H3,(H,29,30)(H,28,31,34). The van der Waals surface area contributed by atoms with E-state index in [1.165, 1.54) is 10.8 Å². The molecule has 0 radical (unpaired) electrons. The SMILES string of the molecule is CS(=O)(=O)c1c(C2CC3CCC(C2)N3C(=O)c2nnc[nH]2)nc2c(-c3ccc(-c4cn[nH]c4)nc3)cnn2c1N. The van der Waals surface area contributed by atoms with Gasteiger partial charge in [0, 0.05) is 53.3 Å². The normalized spacial score (nSPS) is 20.8. The number of nitrogens with zero attached hydrogens (tertiary/aromatic N) is 8. The Balaban J connectivity index is 1.29. The Labute approximate surface area is 228 Å². The number of aromatic nitrogens is 9. The number of nitrogen functional groups attached to an aromatic ring is 1. The zero-order chi connectivity index (χ0) is 27.6. The number of nitrogens with one attached hydrogen (secondary N) is 2. The first-order valence-electron chi connectivity index (χ1n) is 12.8. The zero-order valence-corrected chi connectivity index (χ0v) is 22.2. The number of piperidine rings is 1. The fraction of sp³-hybridized carbons (Fsp3) is 0.320. The minimum Gasteiger partial charge on any atom is -0.382 e. The molecule has 2 aliphatic rings. The van der Waals surface area contributed by atoms with E-state index in [0.717, 1.165) is 35.9 Å². The van der Waals surface area contributed by atoms with Crippen molar-refractivity contribution in [2.75, 3.05) is 12.0 Å². The molecule has 2 saturated heterocycles. The first-order valence-corrected chi connectivity index (χ1v) is 14.7. The van der Waals surface area contributed by atoms with E-state index in [9.17, 15) is 13.2 Å². The average molecular weight is 560 g/mol. The van der Waals surface area contributed by atoms with Gasteiger partial charge in [-0.15, -0.1) is 10.2 Å². The summed E-state index contributed by atoms with van der Waals surface area (Å²) < 4.78 is 27.4. The number of nitrogens with two attached hydrogens (primary N) is 1. The van der Waals surface area contributed by atoms with Gasteiger partial charge >= 0.3 is 0 Å². The van der Waals surface area contributed by atoms with Crippen LogP contribution in [-0.2, 0) is 9.84 Å². The highest BCUT2D eigenvalue weighted by molar-refractivity contribution is 7.91. The molecule has 5 aromatic heterocycles. The zero-order valence-electron chi connectivity index (χ0n) is 21.4. The minimum absolute atomic E-state index is 0.0116. The maximum absolute atomic E-state index is 13.1. The van der Waals surface area contributed by atoms with E-state index in [0.29, 0.717) is 29.7 Å². The maximum Gasteiger partial charge on any atom is 0.292 e. The number of hydrogen-bond donors (Lipinski definition) is 3. The van der Waals surface area contributed by atoms with Gasteiger partial charge in [0.15, 0.2) is 15.5 Å². The average Bonchev–Trinajstić information content (AvgIpc) is 3.74. The van der Waals surface area contributed by atoms with Crippen LogP contribution in [0.15, 0.2) is 48.1 Å². The number of fused-ring (bicyclic) bond motifs is 3. The minimum atomic E-state index is -3.74. The molecule has 2 fully saturated rings. The summed E-state index contributed by atoms with van der Waals surface area (Å²) in [6, 6.07) is 3.63. The number of hydrogen-bond acceptors (Lipinski definition) is 10. The van der Waals surface area contributed by atoms with E-state index in [-0.39, 0.29) is 40.4 Å². The van der Waals surface area contributed by atoms with Crippen LogP contribution in [0.4, 0.5) is 5.82 Å². The first kappa shape index (κ1) is 24.4. The number of sulfone groups is 1. The summed E-state index contributed by atoms with van der Waals surface area (Å²) in [5.74, 6) is -0.187. The molecule has 7 heterocycles. The van der Waals surface area contributed by atoms with E-state index >= 15 is 0 Å². The third-order valence-electron chi connectivity index (χ3n) is 7.88. The van der Waals surface area contributed by atoms with Gasteiger partial charge in [-0.05, 0) is 31.7 Å². The number of aromatic amines is 2. The second kappa shape index (κ2) is 8.94. The third-order valence-corrected chi connectivity index (χ3v) is 9.04. The van der Waals surface area contributed by atoms with Crippen molar-refractivity contribution in [1.29, 1.82) is 0 Å². The summed E-state index contributed by atoms with van der Waals surface area (Å²) in [7, 11) is -3.74. The quantitative estimate of drug-likeness (QED) is 0.286. The number of H-pyrrole nitrogens is 2. The van der Waals surface area contributed by atoms with Crippen LogP contribution >= 0.6 is 0 Å². The van der Waals surface area contributed by atoms with Crippen LogP contribution in [0.1, 0.15) is 47.9 Å². The number of pyridine rings is 1. The van der Waals surface area contributed by atoms with Crippen LogP contribution in [0, 0.1) is 0 Å². The van der Waals surface area contributed by atoms with Crippen LogP contribution in [0.2, 0.25) is 0 Å². The molecule has 2 unspecified atom stereocenters.